The number of rotatable bonds is 8. The van der Waals surface area contributed by atoms with Gasteiger partial charge in [0.25, 0.3) is 0 Å². The molecule has 0 fully saturated rings. The van der Waals surface area contributed by atoms with Crippen molar-refractivity contribution in [3.05, 3.63) is 45.9 Å². The van der Waals surface area contributed by atoms with E-state index >= 15 is 0 Å². The predicted octanol–water partition coefficient (Wildman–Crippen LogP) is 3.54. The second-order valence-corrected chi connectivity index (χ2v) is 6.80. The van der Waals surface area contributed by atoms with Gasteiger partial charge in [-0.1, -0.05) is 25.1 Å². The highest BCUT2D eigenvalue weighted by Crippen LogP contribution is 2.17. The van der Waals surface area contributed by atoms with E-state index in [1.807, 2.05) is 18.2 Å². The van der Waals surface area contributed by atoms with Crippen LogP contribution in [0.5, 0.6) is 5.75 Å². The lowest BCUT2D eigenvalue weighted by Crippen LogP contribution is -2.41. The molecule has 0 aliphatic carbocycles. The molecule has 0 saturated heterocycles. The van der Waals surface area contributed by atoms with Gasteiger partial charge in [0.2, 0.25) is 0 Å². The Morgan fingerprint density at radius 2 is 2.08 bits per heavy atom. The second kappa shape index (κ2) is 10.0. The molecule has 1 heterocycles. The number of nitrogens with zero attached hydrogens (tertiary/aromatic N) is 2. The number of aromatic nitrogens is 1. The van der Waals surface area contributed by atoms with E-state index in [4.69, 9.17) is 4.74 Å². The van der Waals surface area contributed by atoms with E-state index in [0.29, 0.717) is 13.1 Å². The lowest BCUT2D eigenvalue weighted by molar-refractivity contribution is 0.222. The topological polar surface area (TPSA) is 58.5 Å². The third kappa shape index (κ3) is 6.38. The van der Waals surface area contributed by atoms with Crippen molar-refractivity contribution in [1.29, 1.82) is 0 Å². The standard InChI is InChI=1S/C19H28N4OS/c1-5-18-23-16(13-25-18)12-22-19(20-6-2)21-11-15(4)24-17-10-8-7-9-14(17)3/h7-10,13,15H,5-6,11-12H2,1-4H3,(H2,20,21,22). The van der Waals surface area contributed by atoms with Gasteiger partial charge < -0.3 is 15.4 Å². The van der Waals surface area contributed by atoms with Gasteiger partial charge in [-0.05, 0) is 38.8 Å². The molecule has 5 nitrogen and oxygen atoms in total. The number of para-hydroxylation sites is 1. The van der Waals surface area contributed by atoms with Crippen LogP contribution in [0.1, 0.15) is 37.0 Å². The summed E-state index contributed by atoms with van der Waals surface area (Å²) in [7, 11) is 0. The zero-order chi connectivity index (χ0) is 18.1. The Hall–Kier alpha value is -2.08. The van der Waals surface area contributed by atoms with Crippen molar-refractivity contribution in [2.24, 2.45) is 4.99 Å². The molecule has 1 atom stereocenters. The average Bonchev–Trinajstić information content (AvgIpc) is 3.07. The van der Waals surface area contributed by atoms with Crippen molar-refractivity contribution in [2.75, 3.05) is 13.1 Å². The van der Waals surface area contributed by atoms with Crippen LogP contribution >= 0.6 is 11.3 Å². The van der Waals surface area contributed by atoms with Gasteiger partial charge in [0.15, 0.2) is 5.96 Å². The fourth-order valence-electron chi connectivity index (χ4n) is 2.27. The van der Waals surface area contributed by atoms with E-state index in [0.717, 1.165) is 40.9 Å². The maximum absolute atomic E-state index is 6.00. The maximum Gasteiger partial charge on any atom is 0.191 e. The van der Waals surface area contributed by atoms with Crippen LogP contribution in [-0.2, 0) is 13.0 Å². The molecule has 6 heteroatoms. The minimum Gasteiger partial charge on any atom is -0.489 e. The molecule has 136 valence electrons. The van der Waals surface area contributed by atoms with Gasteiger partial charge in [-0.15, -0.1) is 11.3 Å². The Morgan fingerprint density at radius 1 is 1.28 bits per heavy atom. The zero-order valence-electron chi connectivity index (χ0n) is 15.5. The van der Waals surface area contributed by atoms with Crippen molar-refractivity contribution >= 4 is 17.3 Å². The average molecular weight is 361 g/mol. The third-order valence-electron chi connectivity index (χ3n) is 3.62. The molecule has 0 aliphatic heterocycles. The Labute approximate surface area is 154 Å². The first kappa shape index (κ1) is 19.2. The molecule has 0 spiro atoms. The fourth-order valence-corrected chi connectivity index (χ4v) is 3.01. The predicted molar refractivity (Wildman–Crippen MR) is 106 cm³/mol. The summed E-state index contributed by atoms with van der Waals surface area (Å²) in [6.07, 6.45) is 1.01. The number of ether oxygens (including phenoxy) is 1. The van der Waals surface area contributed by atoms with Crippen LogP contribution < -0.4 is 15.4 Å². The lowest BCUT2D eigenvalue weighted by atomic mass is 10.2. The van der Waals surface area contributed by atoms with E-state index in [9.17, 15) is 0 Å². The SMILES string of the molecule is CCNC(=NCc1csc(CC)n1)NCC(C)Oc1ccccc1C. The summed E-state index contributed by atoms with van der Waals surface area (Å²) in [5.74, 6) is 1.71. The number of aliphatic imine (C=N–C) groups is 1. The minimum absolute atomic E-state index is 0.0379. The van der Waals surface area contributed by atoms with Crippen molar-refractivity contribution in [2.45, 2.75) is 46.8 Å². The highest BCUT2D eigenvalue weighted by atomic mass is 32.1. The smallest absolute Gasteiger partial charge is 0.191 e. The number of thiazole rings is 1. The first-order valence-corrected chi connectivity index (χ1v) is 9.68. The van der Waals surface area contributed by atoms with Gasteiger partial charge in [-0.3, -0.25) is 0 Å². The Kier molecular flexibility index (Phi) is 7.73. The zero-order valence-corrected chi connectivity index (χ0v) is 16.3. The molecule has 2 N–H and O–H groups in total. The lowest BCUT2D eigenvalue weighted by Gasteiger charge is -2.18. The number of hydrogen-bond acceptors (Lipinski definition) is 4. The molecule has 0 aliphatic rings. The van der Waals surface area contributed by atoms with Gasteiger partial charge in [-0.2, -0.15) is 0 Å². The number of hydrogen-bond donors (Lipinski definition) is 2. The van der Waals surface area contributed by atoms with E-state index in [-0.39, 0.29) is 6.10 Å². The first-order chi connectivity index (χ1) is 12.1. The molecule has 1 aromatic heterocycles. The molecule has 2 rings (SSSR count). The van der Waals surface area contributed by atoms with Crippen LogP contribution in [0, 0.1) is 6.92 Å². The molecule has 2 aromatic rings. The number of aryl methyl sites for hydroxylation is 2. The number of guanidine groups is 1. The Balaban J connectivity index is 1.87. The highest BCUT2D eigenvalue weighted by molar-refractivity contribution is 7.09. The maximum atomic E-state index is 6.00. The monoisotopic (exact) mass is 360 g/mol. The summed E-state index contributed by atoms with van der Waals surface area (Å²) in [6, 6.07) is 8.06. The van der Waals surface area contributed by atoms with Gasteiger partial charge in [-0.25, -0.2) is 9.98 Å². The first-order valence-electron chi connectivity index (χ1n) is 8.80. The van der Waals surface area contributed by atoms with Crippen LogP contribution in [0.2, 0.25) is 0 Å². The van der Waals surface area contributed by atoms with Gasteiger partial charge in [0.1, 0.15) is 11.9 Å². The van der Waals surface area contributed by atoms with Crippen LogP contribution in [0.4, 0.5) is 0 Å². The molecule has 0 radical (unpaired) electrons. The van der Waals surface area contributed by atoms with Crippen molar-refractivity contribution in [3.8, 4) is 5.75 Å². The second-order valence-electron chi connectivity index (χ2n) is 5.86. The largest absolute Gasteiger partial charge is 0.489 e. The summed E-state index contributed by atoms with van der Waals surface area (Å²) in [6.45, 7) is 10.4. The number of benzene rings is 1. The Bertz CT molecular complexity index is 684. The van der Waals surface area contributed by atoms with Crippen LogP contribution in [0.15, 0.2) is 34.6 Å². The van der Waals surface area contributed by atoms with Gasteiger partial charge >= 0.3 is 0 Å². The molecule has 0 saturated carbocycles. The van der Waals surface area contributed by atoms with Crippen LogP contribution in [-0.4, -0.2) is 30.1 Å². The molecule has 0 amide bonds. The van der Waals surface area contributed by atoms with E-state index < -0.39 is 0 Å². The van der Waals surface area contributed by atoms with Gasteiger partial charge in [0, 0.05) is 11.9 Å². The summed E-state index contributed by atoms with van der Waals surface area (Å²) in [5.41, 5.74) is 2.16. The third-order valence-corrected chi connectivity index (χ3v) is 4.67. The molecule has 25 heavy (non-hydrogen) atoms. The van der Waals surface area contributed by atoms with E-state index in [1.54, 1.807) is 11.3 Å². The van der Waals surface area contributed by atoms with Crippen LogP contribution in [0.3, 0.4) is 0 Å². The van der Waals surface area contributed by atoms with Crippen molar-refractivity contribution in [1.82, 2.24) is 15.6 Å². The van der Waals surface area contributed by atoms with Crippen LogP contribution in [0.25, 0.3) is 0 Å². The molecule has 0 bridgehead atoms. The number of nitrogens with one attached hydrogen (secondary N) is 2. The van der Waals surface area contributed by atoms with Crippen molar-refractivity contribution in [3.63, 3.8) is 0 Å². The molecule has 1 unspecified atom stereocenters. The van der Waals surface area contributed by atoms with E-state index in [1.165, 1.54) is 0 Å². The fraction of sp³-hybridized carbons (Fsp3) is 0.474. The summed E-state index contributed by atoms with van der Waals surface area (Å²) >= 11 is 1.69. The summed E-state index contributed by atoms with van der Waals surface area (Å²) < 4.78 is 6.00. The normalized spacial score (nSPS) is 12.7. The van der Waals surface area contributed by atoms with Gasteiger partial charge in [0.05, 0.1) is 23.8 Å². The molecular formula is C19H28N4OS. The van der Waals surface area contributed by atoms with Crippen molar-refractivity contribution < 1.29 is 4.74 Å². The summed E-state index contributed by atoms with van der Waals surface area (Å²) in [5, 5.41) is 9.84. The van der Waals surface area contributed by atoms with E-state index in [2.05, 4.69) is 59.8 Å². The molecule has 1 aromatic carbocycles. The minimum atomic E-state index is 0.0379. The quantitative estimate of drug-likeness (QED) is 0.558. The molecular weight excluding hydrogens is 332 g/mol. The summed E-state index contributed by atoms with van der Waals surface area (Å²) in [4.78, 5) is 9.16. The highest BCUT2D eigenvalue weighted by Gasteiger charge is 2.07. The Morgan fingerprint density at radius 3 is 2.76 bits per heavy atom.